The lowest BCUT2D eigenvalue weighted by Gasteiger charge is -2.24. The lowest BCUT2D eigenvalue weighted by Crippen LogP contribution is -2.30. The number of rotatable bonds is 10. The van der Waals surface area contributed by atoms with Crippen LogP contribution in [0, 0.1) is 0 Å². The molecule has 0 aromatic heterocycles. The van der Waals surface area contributed by atoms with Gasteiger partial charge < -0.3 is 29.1 Å². The van der Waals surface area contributed by atoms with Crippen molar-refractivity contribution in [3.63, 3.8) is 0 Å². The van der Waals surface area contributed by atoms with E-state index in [-0.39, 0.29) is 19.4 Å². The molecule has 0 spiro atoms. The van der Waals surface area contributed by atoms with Crippen LogP contribution >= 0.6 is 7.82 Å². The van der Waals surface area contributed by atoms with Gasteiger partial charge in [-0.1, -0.05) is 13.8 Å². The first-order valence-corrected chi connectivity index (χ1v) is 7.46. The molecule has 0 saturated carbocycles. The van der Waals surface area contributed by atoms with Gasteiger partial charge in [-0.25, -0.2) is 0 Å². The standard InChI is InChI=1S/C10H20NO8P/c1-3-9(12)16-5-8(19-10(13)4-2)6-17-20(14,15)18-7-11/h8H,3-7,11H2,1-2H3,(H,14,15)/p-1/t8-/m0/s1. The van der Waals surface area contributed by atoms with Crippen LogP contribution in [0.5, 0.6) is 0 Å². The summed E-state index contributed by atoms with van der Waals surface area (Å²) in [5.41, 5.74) is 4.91. The van der Waals surface area contributed by atoms with Crippen LogP contribution in [0.3, 0.4) is 0 Å². The molecule has 0 radical (unpaired) electrons. The van der Waals surface area contributed by atoms with Crippen molar-refractivity contribution in [2.75, 3.05) is 19.9 Å². The molecule has 0 aliphatic carbocycles. The Balaban J connectivity index is 4.40. The lowest BCUT2D eigenvalue weighted by molar-refractivity contribution is -0.228. The summed E-state index contributed by atoms with van der Waals surface area (Å²) in [6.07, 6.45) is -0.806. The average molecular weight is 312 g/mol. The van der Waals surface area contributed by atoms with Crippen molar-refractivity contribution in [2.24, 2.45) is 5.73 Å². The Bertz CT molecular complexity index is 361. The van der Waals surface area contributed by atoms with Gasteiger partial charge in [-0.05, 0) is 0 Å². The van der Waals surface area contributed by atoms with Gasteiger partial charge in [0, 0.05) is 12.8 Å². The SMILES string of the molecule is CCC(=O)OC[C@@H](COP(=O)([O-])OCN)OC(=O)CC. The van der Waals surface area contributed by atoms with Crippen molar-refractivity contribution in [3.05, 3.63) is 0 Å². The van der Waals surface area contributed by atoms with Gasteiger partial charge in [-0.2, -0.15) is 0 Å². The highest BCUT2D eigenvalue weighted by molar-refractivity contribution is 7.45. The predicted molar refractivity (Wildman–Crippen MR) is 65.1 cm³/mol. The minimum absolute atomic E-state index is 0.0898. The van der Waals surface area contributed by atoms with Crippen molar-refractivity contribution >= 4 is 19.8 Å². The number of nitrogens with two attached hydrogens (primary N) is 1. The molecule has 10 heteroatoms. The molecule has 2 N–H and O–H groups in total. The van der Waals surface area contributed by atoms with Gasteiger partial charge in [0.05, 0.1) is 6.61 Å². The fourth-order valence-corrected chi connectivity index (χ4v) is 1.58. The number of hydrogen-bond donors (Lipinski definition) is 1. The van der Waals surface area contributed by atoms with Crippen LogP contribution in [0.4, 0.5) is 0 Å². The van der Waals surface area contributed by atoms with Gasteiger partial charge in [-0.3, -0.25) is 14.2 Å². The number of phosphoric ester groups is 1. The van der Waals surface area contributed by atoms with Crippen LogP contribution in [0.15, 0.2) is 0 Å². The average Bonchev–Trinajstić information content (AvgIpc) is 2.41. The Kier molecular flexibility index (Phi) is 9.35. The van der Waals surface area contributed by atoms with Gasteiger partial charge in [0.15, 0.2) is 6.10 Å². The second kappa shape index (κ2) is 9.84. The van der Waals surface area contributed by atoms with Crippen molar-refractivity contribution in [2.45, 2.75) is 32.8 Å². The third-order valence-corrected chi connectivity index (χ3v) is 2.89. The maximum Gasteiger partial charge on any atom is 0.305 e. The maximum absolute atomic E-state index is 11.2. The molecule has 0 aliphatic rings. The first-order chi connectivity index (χ1) is 9.34. The molecule has 0 bridgehead atoms. The molecule has 9 nitrogen and oxygen atoms in total. The third-order valence-electron chi connectivity index (χ3n) is 1.96. The molecule has 2 atom stereocenters. The van der Waals surface area contributed by atoms with Crippen LogP contribution < -0.4 is 10.6 Å². The van der Waals surface area contributed by atoms with E-state index < -0.39 is 39.2 Å². The van der Waals surface area contributed by atoms with Crippen molar-refractivity contribution in [1.29, 1.82) is 0 Å². The number of esters is 2. The van der Waals surface area contributed by atoms with E-state index in [0.29, 0.717) is 0 Å². The number of ether oxygens (including phenoxy) is 2. The van der Waals surface area contributed by atoms with E-state index in [4.69, 9.17) is 15.2 Å². The van der Waals surface area contributed by atoms with Crippen LogP contribution in [0.2, 0.25) is 0 Å². The lowest BCUT2D eigenvalue weighted by atomic mass is 10.4. The van der Waals surface area contributed by atoms with Crippen molar-refractivity contribution in [3.8, 4) is 0 Å². The first-order valence-electron chi connectivity index (χ1n) is 5.99. The Morgan fingerprint density at radius 2 is 1.75 bits per heavy atom. The van der Waals surface area contributed by atoms with Crippen LogP contribution in [0.1, 0.15) is 26.7 Å². The number of hydrogen-bond acceptors (Lipinski definition) is 9. The summed E-state index contributed by atoms with van der Waals surface area (Å²) < 4.78 is 29.4. The fourth-order valence-electron chi connectivity index (χ4n) is 0.976. The van der Waals surface area contributed by atoms with Crippen molar-refractivity contribution < 1.29 is 37.6 Å². The molecule has 0 fully saturated rings. The summed E-state index contributed by atoms with van der Waals surface area (Å²) in [4.78, 5) is 33.3. The summed E-state index contributed by atoms with van der Waals surface area (Å²) in [6.45, 7) is 1.76. The number of carbonyl (C=O) groups excluding carboxylic acids is 2. The Hall–Kier alpha value is -0.990. The summed E-state index contributed by atoms with van der Waals surface area (Å²) >= 11 is 0. The normalized spacial score (nSPS) is 15.2. The highest BCUT2D eigenvalue weighted by atomic mass is 31.2. The van der Waals surface area contributed by atoms with Gasteiger partial charge in [-0.15, -0.1) is 0 Å². The van der Waals surface area contributed by atoms with Crippen molar-refractivity contribution in [1.82, 2.24) is 0 Å². The molecule has 0 saturated heterocycles. The van der Waals surface area contributed by atoms with E-state index in [1.165, 1.54) is 0 Å². The molecule has 0 aliphatic heterocycles. The molecule has 0 rings (SSSR count). The monoisotopic (exact) mass is 312 g/mol. The second-order valence-electron chi connectivity index (χ2n) is 3.54. The summed E-state index contributed by atoms with van der Waals surface area (Å²) in [5, 5.41) is 0. The quantitative estimate of drug-likeness (QED) is 0.326. The topological polar surface area (TPSA) is 137 Å². The smallest absolute Gasteiger partial charge is 0.305 e. The zero-order chi connectivity index (χ0) is 15.6. The Labute approximate surface area is 116 Å². The van der Waals surface area contributed by atoms with Gasteiger partial charge in [0.2, 0.25) is 0 Å². The van der Waals surface area contributed by atoms with E-state index in [1.54, 1.807) is 13.8 Å². The molecule has 0 aromatic rings. The van der Waals surface area contributed by atoms with Gasteiger partial charge >= 0.3 is 11.9 Å². The van der Waals surface area contributed by atoms with E-state index in [1.807, 2.05) is 0 Å². The molecule has 118 valence electrons. The molecule has 0 aromatic carbocycles. The summed E-state index contributed by atoms with van der Waals surface area (Å²) in [5.74, 6) is -1.09. The van der Waals surface area contributed by atoms with Crippen LogP contribution in [-0.2, 0) is 32.7 Å². The second-order valence-corrected chi connectivity index (χ2v) is 4.95. The number of carbonyl (C=O) groups is 2. The highest BCUT2D eigenvalue weighted by Gasteiger charge is 2.19. The predicted octanol–water partition coefficient (Wildman–Crippen LogP) is -0.321. The van der Waals surface area contributed by atoms with E-state index in [9.17, 15) is 19.0 Å². The van der Waals surface area contributed by atoms with Gasteiger partial charge in [0.25, 0.3) is 7.82 Å². The molecular weight excluding hydrogens is 293 g/mol. The first kappa shape index (κ1) is 19.0. The third kappa shape index (κ3) is 9.00. The molecule has 0 amide bonds. The van der Waals surface area contributed by atoms with E-state index >= 15 is 0 Å². The zero-order valence-corrected chi connectivity index (χ0v) is 12.3. The minimum Gasteiger partial charge on any atom is -0.756 e. The van der Waals surface area contributed by atoms with Gasteiger partial charge in [0.1, 0.15) is 13.3 Å². The summed E-state index contributed by atoms with van der Waals surface area (Å²) in [6, 6.07) is 0. The fraction of sp³-hybridized carbons (Fsp3) is 0.800. The Morgan fingerprint density at radius 3 is 2.25 bits per heavy atom. The molecule has 0 heterocycles. The van der Waals surface area contributed by atoms with Crippen LogP contribution in [0.25, 0.3) is 0 Å². The summed E-state index contributed by atoms with van der Waals surface area (Å²) in [7, 11) is -4.56. The minimum atomic E-state index is -4.56. The number of phosphoric acid groups is 1. The van der Waals surface area contributed by atoms with E-state index in [0.717, 1.165) is 0 Å². The van der Waals surface area contributed by atoms with E-state index in [2.05, 4.69) is 9.05 Å². The zero-order valence-electron chi connectivity index (χ0n) is 11.4. The highest BCUT2D eigenvalue weighted by Crippen LogP contribution is 2.37. The molecule has 20 heavy (non-hydrogen) atoms. The molecular formula is C10H19NO8P-. The molecule has 1 unspecified atom stereocenters. The largest absolute Gasteiger partial charge is 0.756 e. The Morgan fingerprint density at radius 1 is 1.15 bits per heavy atom. The van der Waals surface area contributed by atoms with Crippen LogP contribution in [-0.4, -0.2) is 38.0 Å². The maximum atomic E-state index is 11.2.